The Bertz CT molecular complexity index is 634. The number of nitrogens with zero attached hydrogens (tertiary/aromatic N) is 2. The van der Waals surface area contributed by atoms with Gasteiger partial charge in [-0.2, -0.15) is 0 Å². The van der Waals surface area contributed by atoms with Crippen molar-refractivity contribution in [1.29, 1.82) is 0 Å². The summed E-state index contributed by atoms with van der Waals surface area (Å²) in [5.41, 5.74) is 2.53. The third-order valence-electron chi connectivity index (χ3n) is 3.57. The highest BCUT2D eigenvalue weighted by Crippen LogP contribution is 2.36. The number of aromatic nitrogens is 2. The maximum atomic E-state index is 12.1. The molecule has 0 saturated heterocycles. The topological polar surface area (TPSA) is 44.1 Å². The largest absolute Gasteiger partial charge is 0.336 e. The van der Waals surface area contributed by atoms with Crippen molar-refractivity contribution in [1.82, 2.24) is 9.55 Å². The zero-order valence-electron chi connectivity index (χ0n) is 14.6. The maximum Gasteiger partial charge on any atom is 0.273 e. The van der Waals surface area contributed by atoms with E-state index in [1.54, 1.807) is 12.5 Å². The number of carbonyl (C=O) groups is 1. The van der Waals surface area contributed by atoms with Crippen molar-refractivity contribution in [2.75, 3.05) is 6.61 Å². The smallest absolute Gasteiger partial charge is 0.273 e. The van der Waals surface area contributed by atoms with Crippen LogP contribution < -0.4 is 0 Å². The van der Waals surface area contributed by atoms with Crippen LogP contribution in [0.15, 0.2) is 43.0 Å². The number of thioether (sulfide) groups is 1. The Balaban J connectivity index is 2.16. The molecule has 0 radical (unpaired) electrons. The fourth-order valence-electron chi connectivity index (χ4n) is 2.24. The van der Waals surface area contributed by atoms with Gasteiger partial charge in [-0.15, -0.1) is 0 Å². The Morgan fingerprint density at radius 3 is 2.54 bits per heavy atom. The molecular weight excluding hydrogens is 340 g/mol. The number of benzene rings is 1. The van der Waals surface area contributed by atoms with E-state index in [9.17, 15) is 4.79 Å². The fourth-order valence-corrected chi connectivity index (χ4v) is 3.87. The van der Waals surface area contributed by atoms with Gasteiger partial charge in [0, 0.05) is 18.9 Å². The average Bonchev–Trinajstić information content (AvgIpc) is 3.04. The second-order valence-corrected chi connectivity index (χ2v) is 8.68. The minimum absolute atomic E-state index is 0.0219. The van der Waals surface area contributed by atoms with Crippen LogP contribution in [0.25, 0.3) is 0 Å². The lowest BCUT2D eigenvalue weighted by molar-refractivity contribution is 0.274. The fraction of sp³-hybridized carbons (Fsp3) is 0.444. The molecule has 1 aromatic carbocycles. The number of hydrogen-bond acceptors (Lipinski definition) is 5. The summed E-state index contributed by atoms with van der Waals surface area (Å²) in [7, 11) is 0. The molecule has 130 valence electrons. The molecule has 0 spiro atoms. The molecule has 24 heavy (non-hydrogen) atoms. The minimum atomic E-state index is -0.0261. The molecule has 1 aromatic heterocycles. The van der Waals surface area contributed by atoms with Gasteiger partial charge in [-0.1, -0.05) is 56.8 Å². The Morgan fingerprint density at radius 2 is 2.00 bits per heavy atom. The van der Waals surface area contributed by atoms with Crippen LogP contribution in [0, 0.1) is 0 Å². The zero-order chi connectivity index (χ0) is 17.6. The van der Waals surface area contributed by atoms with E-state index in [0.29, 0.717) is 13.2 Å². The van der Waals surface area contributed by atoms with Crippen LogP contribution in [-0.2, 0) is 16.1 Å². The van der Waals surface area contributed by atoms with Gasteiger partial charge in [0.05, 0.1) is 30.2 Å². The van der Waals surface area contributed by atoms with Crippen molar-refractivity contribution >= 4 is 28.3 Å². The van der Waals surface area contributed by atoms with Crippen LogP contribution in [0.5, 0.6) is 0 Å². The molecule has 4 nitrogen and oxygen atoms in total. The van der Waals surface area contributed by atoms with Crippen molar-refractivity contribution < 1.29 is 8.98 Å². The number of rotatable bonds is 6. The van der Waals surface area contributed by atoms with Gasteiger partial charge < -0.3 is 8.75 Å². The van der Waals surface area contributed by atoms with Gasteiger partial charge in [-0.25, -0.2) is 4.98 Å². The summed E-state index contributed by atoms with van der Waals surface area (Å²) in [4.78, 5) is 16.2. The van der Waals surface area contributed by atoms with Gasteiger partial charge in [0.2, 0.25) is 0 Å². The van der Waals surface area contributed by atoms with Gasteiger partial charge in [0.15, 0.2) is 0 Å². The second-order valence-electron chi connectivity index (χ2n) is 6.48. The first-order chi connectivity index (χ1) is 11.4. The molecule has 2 rings (SSSR count). The monoisotopic (exact) mass is 364 g/mol. The molecule has 0 bridgehead atoms. The summed E-state index contributed by atoms with van der Waals surface area (Å²) >= 11 is 2.22. The lowest BCUT2D eigenvalue weighted by Gasteiger charge is -2.21. The standard InChI is InChI=1S/C18H24N2O2S2/c1-5-22-24-17(21)23-16(12-20-11-10-19-13-20)14-6-8-15(9-7-14)18(2,3)4/h6-11,13,16H,5,12H2,1-4H3. The van der Waals surface area contributed by atoms with Crippen molar-refractivity contribution in [2.24, 2.45) is 0 Å². The normalized spacial score (nSPS) is 13.0. The molecule has 0 saturated carbocycles. The first kappa shape index (κ1) is 19.1. The molecule has 1 unspecified atom stereocenters. The van der Waals surface area contributed by atoms with Crippen LogP contribution in [0.3, 0.4) is 0 Å². The second kappa shape index (κ2) is 8.74. The lowest BCUT2D eigenvalue weighted by Crippen LogP contribution is -2.12. The molecule has 0 aliphatic rings. The third kappa shape index (κ3) is 5.69. The Kier molecular flexibility index (Phi) is 6.95. The Morgan fingerprint density at radius 1 is 1.29 bits per heavy atom. The number of hydrogen-bond donors (Lipinski definition) is 0. The average molecular weight is 365 g/mol. The van der Waals surface area contributed by atoms with Gasteiger partial charge in [-0.05, 0) is 23.5 Å². The Labute approximate surface area is 152 Å². The van der Waals surface area contributed by atoms with E-state index >= 15 is 0 Å². The maximum absolute atomic E-state index is 12.1. The van der Waals surface area contributed by atoms with E-state index in [2.05, 4.69) is 50.0 Å². The highest BCUT2D eigenvalue weighted by atomic mass is 32.2. The quantitative estimate of drug-likeness (QED) is 0.637. The van der Waals surface area contributed by atoms with Gasteiger partial charge >= 0.3 is 0 Å². The predicted molar refractivity (Wildman–Crippen MR) is 102 cm³/mol. The first-order valence-corrected chi connectivity index (χ1v) is 9.58. The van der Waals surface area contributed by atoms with Crippen LogP contribution in [0.2, 0.25) is 0 Å². The summed E-state index contributed by atoms with van der Waals surface area (Å²) in [5, 5.41) is 0.0219. The summed E-state index contributed by atoms with van der Waals surface area (Å²) in [6.45, 7) is 9.67. The highest BCUT2D eigenvalue weighted by molar-refractivity contribution is 8.36. The summed E-state index contributed by atoms with van der Waals surface area (Å²) in [6.07, 6.45) is 5.44. The van der Waals surface area contributed by atoms with Crippen molar-refractivity contribution in [3.8, 4) is 0 Å². The summed E-state index contributed by atoms with van der Waals surface area (Å²) < 4.78 is 7.13. The van der Waals surface area contributed by atoms with Crippen molar-refractivity contribution in [2.45, 2.75) is 44.9 Å². The molecule has 0 aliphatic heterocycles. The predicted octanol–water partition coefficient (Wildman–Crippen LogP) is 5.46. The number of imidazole rings is 1. The van der Waals surface area contributed by atoms with Crippen LogP contribution in [0.4, 0.5) is 4.79 Å². The van der Waals surface area contributed by atoms with Crippen molar-refractivity contribution in [3.63, 3.8) is 0 Å². The number of carbonyl (C=O) groups excluding carboxylic acids is 1. The van der Waals surface area contributed by atoms with E-state index in [4.69, 9.17) is 4.18 Å². The van der Waals surface area contributed by atoms with Crippen LogP contribution >= 0.6 is 23.8 Å². The van der Waals surface area contributed by atoms with Crippen molar-refractivity contribution in [3.05, 3.63) is 54.1 Å². The summed E-state index contributed by atoms with van der Waals surface area (Å²) in [6, 6.07) is 8.54. The van der Waals surface area contributed by atoms with Crippen LogP contribution in [-0.4, -0.2) is 20.6 Å². The molecule has 0 N–H and O–H groups in total. The van der Waals surface area contributed by atoms with Gasteiger partial charge in [0.25, 0.3) is 4.45 Å². The SMILES string of the molecule is CCOSC(=O)SC(Cn1ccnc1)c1ccc(C(C)(C)C)cc1. The molecule has 1 atom stereocenters. The third-order valence-corrected chi connectivity index (χ3v) is 5.45. The molecule has 2 aromatic rings. The molecular formula is C18H24N2O2S2. The van der Waals surface area contributed by atoms with Crippen LogP contribution in [0.1, 0.15) is 44.1 Å². The highest BCUT2D eigenvalue weighted by Gasteiger charge is 2.20. The molecule has 0 fully saturated rings. The molecule has 6 heteroatoms. The van der Waals surface area contributed by atoms with Gasteiger partial charge in [0.1, 0.15) is 0 Å². The molecule has 0 amide bonds. The van der Waals surface area contributed by atoms with Gasteiger partial charge in [-0.3, -0.25) is 4.79 Å². The Hall–Kier alpha value is -1.24. The summed E-state index contributed by atoms with van der Waals surface area (Å²) in [5.74, 6) is 0. The molecule has 0 aliphatic carbocycles. The van der Waals surface area contributed by atoms with E-state index in [1.165, 1.54) is 17.3 Å². The minimum Gasteiger partial charge on any atom is -0.336 e. The van der Waals surface area contributed by atoms with E-state index < -0.39 is 0 Å². The van der Waals surface area contributed by atoms with E-state index in [-0.39, 0.29) is 15.1 Å². The zero-order valence-corrected chi connectivity index (χ0v) is 16.2. The lowest BCUT2D eigenvalue weighted by atomic mass is 9.86. The van der Waals surface area contributed by atoms with E-state index in [0.717, 1.165) is 17.6 Å². The molecule has 1 heterocycles. The van der Waals surface area contributed by atoms with E-state index in [1.807, 2.05) is 17.7 Å². The first-order valence-electron chi connectivity index (χ1n) is 7.96.